The molecule has 1 heterocycles. The van der Waals surface area contributed by atoms with E-state index in [9.17, 15) is 9.90 Å². The minimum atomic E-state index is -0.725. The molecule has 1 aromatic heterocycles. The number of carbonyl (C=O) groups is 1. The Morgan fingerprint density at radius 3 is 2.24 bits per heavy atom. The molecule has 1 N–H and O–H groups in total. The number of thiophene rings is 1. The molecular formula is C24H27NO3S. The molecule has 1 unspecified atom stereocenters. The van der Waals surface area contributed by atoms with E-state index in [1.165, 1.54) is 11.3 Å². The number of ether oxygens (including phenoxy) is 1. The van der Waals surface area contributed by atoms with Crippen LogP contribution >= 0.6 is 11.3 Å². The predicted octanol–water partition coefficient (Wildman–Crippen LogP) is 5.86. The van der Waals surface area contributed by atoms with Gasteiger partial charge in [0.15, 0.2) is 0 Å². The highest BCUT2D eigenvalue weighted by Crippen LogP contribution is 2.39. The molecule has 2 aromatic carbocycles. The molecule has 0 fully saturated rings. The maximum absolute atomic E-state index is 12.3. The fourth-order valence-electron chi connectivity index (χ4n) is 3.01. The van der Waals surface area contributed by atoms with Gasteiger partial charge in [0.2, 0.25) is 0 Å². The van der Waals surface area contributed by atoms with Crippen molar-refractivity contribution < 1.29 is 14.6 Å². The van der Waals surface area contributed by atoms with Gasteiger partial charge in [0, 0.05) is 16.8 Å². The molecule has 0 saturated heterocycles. The fraction of sp³-hybridized carbons (Fsp3) is 0.292. The van der Waals surface area contributed by atoms with E-state index in [1.807, 2.05) is 81.4 Å². The maximum atomic E-state index is 12.3. The van der Waals surface area contributed by atoms with Crippen LogP contribution in [0.4, 0.5) is 4.79 Å². The summed E-state index contributed by atoms with van der Waals surface area (Å²) in [5, 5.41) is 11.0. The molecule has 152 valence electrons. The third kappa shape index (κ3) is 5.46. The van der Waals surface area contributed by atoms with Crippen LogP contribution in [-0.4, -0.2) is 28.7 Å². The van der Waals surface area contributed by atoms with E-state index < -0.39 is 11.7 Å². The standard InChI is InChI=1S/C24H27NO3S/c1-24(2,3)28-23(27)25(4)16-19-15-20(17-11-7-5-8-12-17)22(29-19)21(26)18-13-9-6-10-14-18/h5-15,21,26H,16H2,1-4H3. The van der Waals surface area contributed by atoms with Gasteiger partial charge in [-0.2, -0.15) is 0 Å². The van der Waals surface area contributed by atoms with E-state index in [2.05, 4.69) is 6.07 Å². The Morgan fingerprint density at radius 1 is 1.07 bits per heavy atom. The van der Waals surface area contributed by atoms with Crippen molar-refractivity contribution in [2.75, 3.05) is 7.05 Å². The van der Waals surface area contributed by atoms with Crippen LogP contribution in [0.25, 0.3) is 11.1 Å². The van der Waals surface area contributed by atoms with Crippen molar-refractivity contribution in [3.05, 3.63) is 82.0 Å². The van der Waals surface area contributed by atoms with Gasteiger partial charge in [0.05, 0.1) is 6.54 Å². The summed E-state index contributed by atoms with van der Waals surface area (Å²) in [5.74, 6) is 0. The first-order valence-electron chi connectivity index (χ1n) is 9.60. The maximum Gasteiger partial charge on any atom is 0.410 e. The number of benzene rings is 2. The molecule has 1 amide bonds. The van der Waals surface area contributed by atoms with Crippen LogP contribution in [0.3, 0.4) is 0 Å². The zero-order valence-corrected chi connectivity index (χ0v) is 18.1. The van der Waals surface area contributed by atoms with Gasteiger partial charge in [-0.3, -0.25) is 0 Å². The van der Waals surface area contributed by atoms with Crippen molar-refractivity contribution in [3.63, 3.8) is 0 Å². The minimum absolute atomic E-state index is 0.364. The molecule has 1 atom stereocenters. The van der Waals surface area contributed by atoms with Gasteiger partial charge in [-0.25, -0.2) is 4.79 Å². The van der Waals surface area contributed by atoms with Gasteiger partial charge in [-0.1, -0.05) is 60.7 Å². The molecule has 0 bridgehead atoms. The second-order valence-electron chi connectivity index (χ2n) is 8.01. The highest BCUT2D eigenvalue weighted by atomic mass is 32.1. The first-order chi connectivity index (χ1) is 13.7. The van der Waals surface area contributed by atoms with Crippen LogP contribution < -0.4 is 0 Å². The summed E-state index contributed by atoms with van der Waals surface area (Å²) in [6, 6.07) is 21.7. The summed E-state index contributed by atoms with van der Waals surface area (Å²) in [6.07, 6.45) is -1.09. The lowest BCUT2D eigenvalue weighted by Gasteiger charge is -2.24. The number of aliphatic hydroxyl groups excluding tert-OH is 1. The Balaban J connectivity index is 1.92. The summed E-state index contributed by atoms with van der Waals surface area (Å²) < 4.78 is 5.45. The van der Waals surface area contributed by atoms with Crippen LogP contribution in [0.2, 0.25) is 0 Å². The number of hydrogen-bond acceptors (Lipinski definition) is 4. The fourth-order valence-corrected chi connectivity index (χ4v) is 4.26. The van der Waals surface area contributed by atoms with Crippen molar-refractivity contribution in [2.45, 2.75) is 39.0 Å². The Bertz CT molecular complexity index is 945. The zero-order chi connectivity index (χ0) is 21.0. The molecule has 0 aliphatic carbocycles. The first-order valence-corrected chi connectivity index (χ1v) is 10.4. The van der Waals surface area contributed by atoms with Gasteiger partial charge < -0.3 is 14.7 Å². The van der Waals surface area contributed by atoms with Crippen molar-refractivity contribution >= 4 is 17.4 Å². The molecule has 0 aliphatic rings. The minimum Gasteiger partial charge on any atom is -0.444 e. The molecule has 0 saturated carbocycles. The Labute approximate surface area is 176 Å². The van der Waals surface area contributed by atoms with Crippen LogP contribution in [0, 0.1) is 0 Å². The Morgan fingerprint density at radius 2 is 1.66 bits per heavy atom. The van der Waals surface area contributed by atoms with Crippen LogP contribution in [0.5, 0.6) is 0 Å². The molecule has 0 radical (unpaired) electrons. The topological polar surface area (TPSA) is 49.8 Å². The van der Waals surface area contributed by atoms with E-state index in [4.69, 9.17) is 4.74 Å². The Hall–Kier alpha value is -2.63. The lowest BCUT2D eigenvalue weighted by atomic mass is 10.0. The molecular weight excluding hydrogens is 382 g/mol. The number of carbonyl (C=O) groups excluding carboxylic acids is 1. The normalized spacial score (nSPS) is 12.4. The van der Waals surface area contributed by atoms with E-state index in [1.54, 1.807) is 11.9 Å². The van der Waals surface area contributed by atoms with Crippen molar-refractivity contribution in [2.24, 2.45) is 0 Å². The molecule has 3 rings (SSSR count). The number of rotatable bonds is 5. The highest BCUT2D eigenvalue weighted by molar-refractivity contribution is 7.12. The summed E-state index contributed by atoms with van der Waals surface area (Å²) in [5.41, 5.74) is 2.34. The third-order valence-corrected chi connectivity index (χ3v) is 5.53. The number of aliphatic hydroxyl groups is 1. The summed E-state index contributed by atoms with van der Waals surface area (Å²) in [6.45, 7) is 5.98. The second-order valence-corrected chi connectivity index (χ2v) is 9.17. The molecule has 4 nitrogen and oxygen atoms in total. The highest BCUT2D eigenvalue weighted by Gasteiger charge is 2.23. The molecule has 3 aromatic rings. The second kappa shape index (κ2) is 8.80. The smallest absolute Gasteiger partial charge is 0.410 e. The lowest BCUT2D eigenvalue weighted by molar-refractivity contribution is 0.0287. The Kier molecular flexibility index (Phi) is 6.40. The number of amides is 1. The van der Waals surface area contributed by atoms with Crippen molar-refractivity contribution in [1.82, 2.24) is 4.90 Å². The summed E-state index contributed by atoms with van der Waals surface area (Å²) in [4.78, 5) is 15.8. The average molecular weight is 410 g/mol. The van der Waals surface area contributed by atoms with Crippen LogP contribution in [-0.2, 0) is 11.3 Å². The van der Waals surface area contributed by atoms with Gasteiger partial charge >= 0.3 is 6.09 Å². The average Bonchev–Trinajstić information content (AvgIpc) is 3.11. The van der Waals surface area contributed by atoms with E-state index in [0.717, 1.165) is 26.4 Å². The van der Waals surface area contributed by atoms with Gasteiger partial charge in [0.1, 0.15) is 11.7 Å². The first kappa shape index (κ1) is 21.1. The molecule has 0 aliphatic heterocycles. The summed E-state index contributed by atoms with van der Waals surface area (Å²) >= 11 is 1.52. The number of hydrogen-bond donors (Lipinski definition) is 1. The van der Waals surface area contributed by atoms with E-state index >= 15 is 0 Å². The van der Waals surface area contributed by atoms with Gasteiger partial charge in [-0.05, 0) is 43.5 Å². The van der Waals surface area contributed by atoms with Crippen LogP contribution in [0.1, 0.15) is 42.2 Å². The monoisotopic (exact) mass is 409 g/mol. The summed E-state index contributed by atoms with van der Waals surface area (Å²) in [7, 11) is 1.73. The third-order valence-electron chi connectivity index (χ3n) is 4.36. The predicted molar refractivity (Wildman–Crippen MR) is 118 cm³/mol. The SMILES string of the molecule is CN(Cc1cc(-c2ccccc2)c(C(O)c2ccccc2)s1)C(=O)OC(C)(C)C. The molecule has 29 heavy (non-hydrogen) atoms. The lowest BCUT2D eigenvalue weighted by Crippen LogP contribution is -2.33. The molecule has 0 spiro atoms. The quantitative estimate of drug-likeness (QED) is 0.574. The van der Waals surface area contributed by atoms with Crippen molar-refractivity contribution in [1.29, 1.82) is 0 Å². The van der Waals surface area contributed by atoms with Gasteiger partial charge in [0.25, 0.3) is 0 Å². The number of nitrogens with zero attached hydrogens (tertiary/aromatic N) is 1. The molecule has 5 heteroatoms. The van der Waals surface area contributed by atoms with E-state index in [-0.39, 0.29) is 6.09 Å². The largest absolute Gasteiger partial charge is 0.444 e. The van der Waals surface area contributed by atoms with Gasteiger partial charge in [-0.15, -0.1) is 11.3 Å². The van der Waals surface area contributed by atoms with Crippen LogP contribution in [0.15, 0.2) is 66.7 Å². The zero-order valence-electron chi connectivity index (χ0n) is 17.3. The van der Waals surface area contributed by atoms with E-state index in [0.29, 0.717) is 6.54 Å². The van der Waals surface area contributed by atoms with Crippen molar-refractivity contribution in [3.8, 4) is 11.1 Å².